The van der Waals surface area contributed by atoms with Gasteiger partial charge >= 0.3 is 0 Å². The van der Waals surface area contributed by atoms with Crippen molar-refractivity contribution in [3.63, 3.8) is 0 Å². The van der Waals surface area contributed by atoms with Crippen molar-refractivity contribution in [3.05, 3.63) is 71.3 Å². The SMILES string of the molecule is COCCNC(=O)CN(C)CC(=O)N1Cc2ccccc2C(c2ccccc2)C1. The minimum atomic E-state index is -0.108. The summed E-state index contributed by atoms with van der Waals surface area (Å²) in [4.78, 5) is 28.6. The molecule has 1 heterocycles. The molecule has 1 N–H and O–H groups in total. The molecule has 2 amide bonds. The van der Waals surface area contributed by atoms with Gasteiger partial charge in [-0.25, -0.2) is 0 Å². The van der Waals surface area contributed by atoms with Crippen LogP contribution in [0, 0.1) is 0 Å². The molecule has 0 spiro atoms. The summed E-state index contributed by atoms with van der Waals surface area (Å²) >= 11 is 0. The maximum Gasteiger partial charge on any atom is 0.237 e. The van der Waals surface area contributed by atoms with Crippen LogP contribution >= 0.6 is 0 Å². The molecule has 1 atom stereocenters. The number of methoxy groups -OCH3 is 1. The van der Waals surface area contributed by atoms with Crippen molar-refractivity contribution >= 4 is 11.8 Å². The molecule has 1 aliphatic rings. The van der Waals surface area contributed by atoms with E-state index in [1.54, 1.807) is 19.1 Å². The summed E-state index contributed by atoms with van der Waals surface area (Å²) in [7, 11) is 3.39. The summed E-state index contributed by atoms with van der Waals surface area (Å²) in [5.41, 5.74) is 3.68. The Kier molecular flexibility index (Phi) is 7.38. The molecule has 0 aliphatic carbocycles. The Bertz CT molecular complexity index is 825. The molecule has 1 aliphatic heterocycles. The lowest BCUT2D eigenvalue weighted by molar-refractivity contribution is -0.133. The number of hydrogen-bond acceptors (Lipinski definition) is 4. The molecular formula is C23H29N3O3. The number of hydrogen-bond donors (Lipinski definition) is 1. The summed E-state index contributed by atoms with van der Waals surface area (Å²) in [6.45, 7) is 2.59. The second-order valence-corrected chi connectivity index (χ2v) is 7.45. The first-order chi connectivity index (χ1) is 14.1. The largest absolute Gasteiger partial charge is 0.383 e. The standard InChI is InChI=1S/C23H29N3O3/c1-25(16-22(27)24-12-13-29-2)17-23(28)26-14-19-10-6-7-11-20(19)21(15-26)18-8-4-3-5-9-18/h3-11,21H,12-17H2,1-2H3,(H,24,27). The molecule has 0 saturated carbocycles. The van der Waals surface area contributed by atoms with Gasteiger partial charge in [-0.2, -0.15) is 0 Å². The molecule has 6 heteroatoms. The van der Waals surface area contributed by atoms with E-state index in [-0.39, 0.29) is 30.8 Å². The molecule has 0 fully saturated rings. The third-order valence-corrected chi connectivity index (χ3v) is 5.20. The topological polar surface area (TPSA) is 61.9 Å². The number of nitrogens with zero attached hydrogens (tertiary/aromatic N) is 2. The highest BCUT2D eigenvalue weighted by Gasteiger charge is 2.29. The van der Waals surface area contributed by atoms with Crippen molar-refractivity contribution in [2.45, 2.75) is 12.5 Å². The van der Waals surface area contributed by atoms with Gasteiger partial charge in [0.2, 0.25) is 11.8 Å². The van der Waals surface area contributed by atoms with Crippen molar-refractivity contribution in [1.29, 1.82) is 0 Å². The van der Waals surface area contributed by atoms with Crippen LogP contribution in [-0.2, 0) is 20.9 Å². The van der Waals surface area contributed by atoms with E-state index in [2.05, 4.69) is 35.6 Å². The van der Waals surface area contributed by atoms with Crippen molar-refractivity contribution < 1.29 is 14.3 Å². The molecule has 0 bridgehead atoms. The van der Waals surface area contributed by atoms with Crippen LogP contribution in [0.25, 0.3) is 0 Å². The second kappa shape index (κ2) is 10.2. The fourth-order valence-electron chi connectivity index (χ4n) is 3.75. The number of carbonyl (C=O) groups excluding carboxylic acids is 2. The average molecular weight is 396 g/mol. The highest BCUT2D eigenvalue weighted by molar-refractivity contribution is 5.81. The number of ether oxygens (including phenoxy) is 1. The first-order valence-electron chi connectivity index (χ1n) is 9.93. The zero-order chi connectivity index (χ0) is 20.6. The quantitative estimate of drug-likeness (QED) is 0.693. The second-order valence-electron chi connectivity index (χ2n) is 7.45. The molecule has 0 radical (unpaired) electrons. The molecule has 2 aromatic rings. The highest BCUT2D eigenvalue weighted by Crippen LogP contribution is 2.33. The Morgan fingerprint density at radius 3 is 2.59 bits per heavy atom. The van der Waals surface area contributed by atoms with E-state index in [0.717, 1.165) is 0 Å². The van der Waals surface area contributed by atoms with Gasteiger partial charge < -0.3 is 15.0 Å². The molecule has 0 aromatic heterocycles. The molecule has 0 saturated heterocycles. The smallest absolute Gasteiger partial charge is 0.237 e. The van der Waals surface area contributed by atoms with Crippen LogP contribution in [0.3, 0.4) is 0 Å². The van der Waals surface area contributed by atoms with Crippen LogP contribution < -0.4 is 5.32 Å². The molecule has 29 heavy (non-hydrogen) atoms. The highest BCUT2D eigenvalue weighted by atomic mass is 16.5. The molecule has 2 aromatic carbocycles. The monoisotopic (exact) mass is 395 g/mol. The number of amides is 2. The summed E-state index contributed by atoms with van der Waals surface area (Å²) < 4.78 is 4.93. The first-order valence-corrected chi connectivity index (χ1v) is 9.93. The first kappa shape index (κ1) is 21.0. The van der Waals surface area contributed by atoms with E-state index in [9.17, 15) is 9.59 Å². The van der Waals surface area contributed by atoms with Crippen LogP contribution in [0.5, 0.6) is 0 Å². The van der Waals surface area contributed by atoms with E-state index in [0.29, 0.717) is 26.2 Å². The maximum atomic E-state index is 13.0. The van der Waals surface area contributed by atoms with Gasteiger partial charge in [0.1, 0.15) is 0 Å². The summed E-state index contributed by atoms with van der Waals surface area (Å²) in [5, 5.41) is 2.78. The van der Waals surface area contributed by atoms with Crippen LogP contribution in [-0.4, -0.2) is 68.6 Å². The fourth-order valence-corrected chi connectivity index (χ4v) is 3.75. The molecular weight excluding hydrogens is 366 g/mol. The zero-order valence-corrected chi connectivity index (χ0v) is 17.1. The summed E-state index contributed by atoms with van der Waals surface area (Å²) in [6, 6.07) is 18.6. The minimum Gasteiger partial charge on any atom is -0.383 e. The van der Waals surface area contributed by atoms with Gasteiger partial charge in [-0.05, 0) is 23.7 Å². The van der Waals surface area contributed by atoms with E-state index in [1.807, 2.05) is 29.2 Å². The van der Waals surface area contributed by atoms with Crippen LogP contribution in [0.2, 0.25) is 0 Å². The Labute approximate surface area is 172 Å². The average Bonchev–Trinajstić information content (AvgIpc) is 2.73. The number of likely N-dealkylation sites (N-methyl/N-ethyl adjacent to an activating group) is 1. The van der Waals surface area contributed by atoms with Gasteiger partial charge in [-0.1, -0.05) is 54.6 Å². The third-order valence-electron chi connectivity index (χ3n) is 5.20. The molecule has 6 nitrogen and oxygen atoms in total. The molecule has 1 unspecified atom stereocenters. The number of benzene rings is 2. The van der Waals surface area contributed by atoms with Crippen molar-refractivity contribution in [1.82, 2.24) is 15.1 Å². The number of rotatable bonds is 8. The van der Waals surface area contributed by atoms with Crippen molar-refractivity contribution in [2.24, 2.45) is 0 Å². The number of fused-ring (bicyclic) bond motifs is 1. The van der Waals surface area contributed by atoms with Crippen molar-refractivity contribution in [3.8, 4) is 0 Å². The van der Waals surface area contributed by atoms with Gasteiger partial charge in [0.05, 0.1) is 19.7 Å². The van der Waals surface area contributed by atoms with Gasteiger partial charge in [-0.3, -0.25) is 14.5 Å². The van der Waals surface area contributed by atoms with Gasteiger partial charge in [0.25, 0.3) is 0 Å². The third kappa shape index (κ3) is 5.65. The zero-order valence-electron chi connectivity index (χ0n) is 17.1. The van der Waals surface area contributed by atoms with Gasteiger partial charge in [0.15, 0.2) is 0 Å². The Morgan fingerprint density at radius 1 is 1.10 bits per heavy atom. The summed E-state index contributed by atoms with van der Waals surface area (Å²) in [5.74, 6) is 0.0869. The Morgan fingerprint density at radius 2 is 1.83 bits per heavy atom. The minimum absolute atomic E-state index is 0.0348. The van der Waals surface area contributed by atoms with E-state index >= 15 is 0 Å². The summed E-state index contributed by atoms with van der Waals surface area (Å²) in [6.07, 6.45) is 0. The molecule has 154 valence electrons. The lowest BCUT2D eigenvalue weighted by Gasteiger charge is -2.36. The van der Waals surface area contributed by atoms with Crippen LogP contribution in [0.4, 0.5) is 0 Å². The van der Waals surface area contributed by atoms with E-state index in [4.69, 9.17) is 4.74 Å². The predicted octanol–water partition coefficient (Wildman–Crippen LogP) is 1.86. The van der Waals surface area contributed by atoms with E-state index < -0.39 is 0 Å². The van der Waals surface area contributed by atoms with Crippen LogP contribution in [0.15, 0.2) is 54.6 Å². The predicted molar refractivity (Wildman–Crippen MR) is 113 cm³/mol. The van der Waals surface area contributed by atoms with Gasteiger partial charge in [-0.15, -0.1) is 0 Å². The lowest BCUT2D eigenvalue weighted by Crippen LogP contribution is -2.45. The lowest BCUT2D eigenvalue weighted by atomic mass is 9.84. The normalized spacial score (nSPS) is 15.8. The molecule has 3 rings (SSSR count). The van der Waals surface area contributed by atoms with Crippen molar-refractivity contribution in [2.75, 3.05) is 46.9 Å². The van der Waals surface area contributed by atoms with Gasteiger partial charge in [0, 0.05) is 32.7 Å². The number of carbonyl (C=O) groups is 2. The Hall–Kier alpha value is -2.70. The van der Waals surface area contributed by atoms with Crippen LogP contribution in [0.1, 0.15) is 22.6 Å². The fraction of sp³-hybridized carbons (Fsp3) is 0.391. The van der Waals surface area contributed by atoms with E-state index in [1.165, 1.54) is 16.7 Å². The maximum absolute atomic E-state index is 13.0. The Balaban J connectivity index is 1.65. The number of nitrogens with one attached hydrogen (secondary N) is 1.